The number of carboxylic acids is 1. The van der Waals surface area contributed by atoms with Crippen molar-refractivity contribution < 1.29 is 18.3 Å². The summed E-state index contributed by atoms with van der Waals surface area (Å²) in [5.74, 6) is -1.14. The zero-order chi connectivity index (χ0) is 14.8. The molecule has 1 aromatic carbocycles. The van der Waals surface area contributed by atoms with Gasteiger partial charge in [-0.05, 0) is 31.0 Å². The number of sulfonamides is 1. The summed E-state index contributed by atoms with van der Waals surface area (Å²) in [5, 5.41) is 8.93. The Morgan fingerprint density at radius 1 is 1.32 bits per heavy atom. The van der Waals surface area contributed by atoms with Gasteiger partial charge in [-0.2, -0.15) is 0 Å². The molecule has 0 spiro atoms. The normalized spacial score (nSPS) is 13.5. The van der Waals surface area contributed by atoms with Crippen LogP contribution in [-0.4, -0.2) is 25.5 Å². The number of aromatic carboxylic acids is 1. The standard InChI is InChI=1S/C12H16ClNO4S/c1-7(2)8(3)14-19(17,18)9-4-5-11(13)10(6-9)12(15)16/h4-8,14H,1-3H3,(H,15,16). The van der Waals surface area contributed by atoms with Gasteiger partial charge in [0.2, 0.25) is 10.0 Å². The molecule has 19 heavy (non-hydrogen) atoms. The third kappa shape index (κ3) is 3.92. The Balaban J connectivity index is 3.16. The molecular formula is C12H16ClNO4S. The Morgan fingerprint density at radius 2 is 1.89 bits per heavy atom. The molecule has 0 saturated carbocycles. The van der Waals surface area contributed by atoms with Crippen LogP contribution in [0.1, 0.15) is 31.1 Å². The van der Waals surface area contributed by atoms with Crippen LogP contribution < -0.4 is 4.72 Å². The van der Waals surface area contributed by atoms with E-state index in [4.69, 9.17) is 16.7 Å². The first-order chi connectivity index (χ1) is 8.65. The van der Waals surface area contributed by atoms with Crippen molar-refractivity contribution in [3.8, 4) is 0 Å². The monoisotopic (exact) mass is 305 g/mol. The zero-order valence-electron chi connectivity index (χ0n) is 10.8. The highest BCUT2D eigenvalue weighted by atomic mass is 35.5. The van der Waals surface area contributed by atoms with Crippen molar-refractivity contribution in [3.63, 3.8) is 0 Å². The molecule has 2 N–H and O–H groups in total. The first kappa shape index (κ1) is 15.9. The van der Waals surface area contributed by atoms with Crippen LogP contribution in [0.2, 0.25) is 5.02 Å². The second-order valence-electron chi connectivity index (χ2n) is 4.60. The number of hydrogen-bond acceptors (Lipinski definition) is 3. The van der Waals surface area contributed by atoms with Gasteiger partial charge in [-0.1, -0.05) is 25.4 Å². The van der Waals surface area contributed by atoms with Crippen molar-refractivity contribution >= 4 is 27.6 Å². The van der Waals surface area contributed by atoms with E-state index in [-0.39, 0.29) is 27.4 Å². The summed E-state index contributed by atoms with van der Waals surface area (Å²) < 4.78 is 26.7. The predicted molar refractivity (Wildman–Crippen MR) is 73.0 cm³/mol. The lowest BCUT2D eigenvalue weighted by molar-refractivity contribution is 0.0697. The lowest BCUT2D eigenvalue weighted by Crippen LogP contribution is -2.36. The van der Waals surface area contributed by atoms with E-state index in [1.54, 1.807) is 6.92 Å². The number of hydrogen-bond donors (Lipinski definition) is 2. The topological polar surface area (TPSA) is 83.5 Å². The SMILES string of the molecule is CC(C)C(C)NS(=O)(=O)c1ccc(Cl)c(C(=O)O)c1. The van der Waals surface area contributed by atoms with Crippen LogP contribution in [0.3, 0.4) is 0 Å². The van der Waals surface area contributed by atoms with Gasteiger partial charge < -0.3 is 5.11 Å². The number of halogens is 1. The summed E-state index contributed by atoms with van der Waals surface area (Å²) >= 11 is 5.70. The molecule has 0 fully saturated rings. The van der Waals surface area contributed by atoms with E-state index >= 15 is 0 Å². The Hall–Kier alpha value is -1.11. The first-order valence-corrected chi connectivity index (χ1v) is 7.56. The van der Waals surface area contributed by atoms with E-state index in [0.29, 0.717) is 0 Å². The van der Waals surface area contributed by atoms with Crippen molar-refractivity contribution in [3.05, 3.63) is 28.8 Å². The highest BCUT2D eigenvalue weighted by Gasteiger charge is 2.21. The van der Waals surface area contributed by atoms with Gasteiger partial charge in [0.05, 0.1) is 15.5 Å². The van der Waals surface area contributed by atoms with Gasteiger partial charge in [-0.25, -0.2) is 17.9 Å². The van der Waals surface area contributed by atoms with Crippen LogP contribution in [0.15, 0.2) is 23.1 Å². The highest BCUT2D eigenvalue weighted by Crippen LogP contribution is 2.21. The van der Waals surface area contributed by atoms with E-state index in [1.807, 2.05) is 13.8 Å². The second-order valence-corrected chi connectivity index (χ2v) is 6.72. The fourth-order valence-corrected chi connectivity index (χ4v) is 2.90. The quantitative estimate of drug-likeness (QED) is 0.874. The maximum absolute atomic E-state index is 12.1. The molecule has 1 rings (SSSR count). The van der Waals surface area contributed by atoms with E-state index in [9.17, 15) is 13.2 Å². The van der Waals surface area contributed by atoms with Crippen molar-refractivity contribution in [2.45, 2.75) is 31.7 Å². The Morgan fingerprint density at radius 3 is 2.37 bits per heavy atom. The van der Waals surface area contributed by atoms with Gasteiger partial charge >= 0.3 is 5.97 Å². The molecule has 1 unspecified atom stereocenters. The van der Waals surface area contributed by atoms with E-state index in [2.05, 4.69) is 4.72 Å². The summed E-state index contributed by atoms with van der Waals surface area (Å²) in [5.41, 5.74) is -0.234. The molecule has 0 aromatic heterocycles. The Bertz CT molecular complexity index is 583. The highest BCUT2D eigenvalue weighted by molar-refractivity contribution is 7.89. The van der Waals surface area contributed by atoms with Gasteiger partial charge in [-0.3, -0.25) is 0 Å². The molecular weight excluding hydrogens is 290 g/mol. The van der Waals surface area contributed by atoms with Crippen LogP contribution in [0.25, 0.3) is 0 Å². The lowest BCUT2D eigenvalue weighted by atomic mass is 10.1. The van der Waals surface area contributed by atoms with Crippen LogP contribution in [0, 0.1) is 5.92 Å². The zero-order valence-corrected chi connectivity index (χ0v) is 12.4. The molecule has 5 nitrogen and oxygen atoms in total. The fourth-order valence-electron chi connectivity index (χ4n) is 1.28. The molecule has 0 aliphatic carbocycles. The predicted octanol–water partition coefficient (Wildman–Crippen LogP) is 2.36. The minimum absolute atomic E-state index is 0.00311. The van der Waals surface area contributed by atoms with Crippen LogP contribution in [0.4, 0.5) is 0 Å². The van der Waals surface area contributed by atoms with E-state index < -0.39 is 16.0 Å². The molecule has 7 heteroatoms. The van der Waals surface area contributed by atoms with Crippen LogP contribution >= 0.6 is 11.6 Å². The number of carboxylic acid groups (broad SMARTS) is 1. The maximum Gasteiger partial charge on any atom is 0.337 e. The van der Waals surface area contributed by atoms with E-state index in [1.165, 1.54) is 12.1 Å². The van der Waals surface area contributed by atoms with Crippen LogP contribution in [-0.2, 0) is 10.0 Å². The van der Waals surface area contributed by atoms with Gasteiger partial charge in [0.15, 0.2) is 0 Å². The molecule has 0 bridgehead atoms. The van der Waals surface area contributed by atoms with E-state index in [0.717, 1.165) is 6.07 Å². The summed E-state index contributed by atoms with van der Waals surface area (Å²) in [6, 6.07) is 3.35. The van der Waals surface area contributed by atoms with Gasteiger partial charge in [0.25, 0.3) is 0 Å². The van der Waals surface area contributed by atoms with Gasteiger partial charge in [0, 0.05) is 6.04 Å². The molecule has 0 heterocycles. The molecule has 0 aliphatic rings. The largest absolute Gasteiger partial charge is 0.478 e. The number of nitrogens with one attached hydrogen (secondary N) is 1. The molecule has 1 atom stereocenters. The third-order valence-corrected chi connectivity index (χ3v) is 4.71. The third-order valence-electron chi connectivity index (χ3n) is 2.82. The Labute approximate surface area is 117 Å². The lowest BCUT2D eigenvalue weighted by Gasteiger charge is -2.17. The van der Waals surface area contributed by atoms with Gasteiger partial charge in [-0.15, -0.1) is 0 Å². The van der Waals surface area contributed by atoms with Crippen LogP contribution in [0.5, 0.6) is 0 Å². The second kappa shape index (κ2) is 5.90. The summed E-state index contributed by atoms with van der Waals surface area (Å²) in [6.45, 7) is 5.52. The number of carbonyl (C=O) groups is 1. The maximum atomic E-state index is 12.1. The minimum Gasteiger partial charge on any atom is -0.478 e. The van der Waals surface area contributed by atoms with Gasteiger partial charge in [0.1, 0.15) is 0 Å². The Kier molecular flexibility index (Phi) is 4.95. The molecule has 106 valence electrons. The summed E-state index contributed by atoms with van der Waals surface area (Å²) in [4.78, 5) is 10.8. The minimum atomic E-state index is -3.75. The van der Waals surface area contributed by atoms with Crippen molar-refractivity contribution in [2.75, 3.05) is 0 Å². The molecule has 0 radical (unpaired) electrons. The molecule has 0 saturated heterocycles. The first-order valence-electron chi connectivity index (χ1n) is 5.70. The molecule has 0 aliphatic heterocycles. The average molecular weight is 306 g/mol. The van der Waals surface area contributed by atoms with Crippen molar-refractivity contribution in [1.29, 1.82) is 0 Å². The number of rotatable bonds is 5. The summed E-state index contributed by atoms with van der Waals surface area (Å²) in [6.07, 6.45) is 0. The van der Waals surface area contributed by atoms with Crippen molar-refractivity contribution in [1.82, 2.24) is 4.72 Å². The average Bonchev–Trinajstić information content (AvgIpc) is 2.27. The fraction of sp³-hybridized carbons (Fsp3) is 0.417. The summed E-state index contributed by atoms with van der Waals surface area (Å²) in [7, 11) is -3.75. The molecule has 1 aromatic rings. The number of benzene rings is 1. The van der Waals surface area contributed by atoms with Crippen molar-refractivity contribution in [2.24, 2.45) is 5.92 Å². The smallest absolute Gasteiger partial charge is 0.337 e. The molecule has 0 amide bonds.